The zero-order valence-corrected chi connectivity index (χ0v) is 14.3. The van der Waals surface area contributed by atoms with Crippen LogP contribution in [-0.4, -0.2) is 48.6 Å². The molecule has 1 rings (SSSR count). The number of likely N-dealkylation sites (N-methyl/N-ethyl adjacent to an activating group) is 1. The Morgan fingerprint density at radius 3 is 2.29 bits per heavy atom. The Hall–Kier alpha value is -1.36. The summed E-state index contributed by atoms with van der Waals surface area (Å²) < 4.78 is 10.8. The minimum absolute atomic E-state index is 0.107. The van der Waals surface area contributed by atoms with Crippen molar-refractivity contribution in [1.82, 2.24) is 4.90 Å². The first kappa shape index (κ1) is 17.7. The number of nitrogens with zero attached hydrogens (tertiary/aromatic N) is 1. The lowest BCUT2D eigenvalue weighted by atomic mass is 10.3. The van der Waals surface area contributed by atoms with E-state index in [1.807, 2.05) is 31.3 Å². The van der Waals surface area contributed by atoms with Crippen molar-refractivity contribution in [1.29, 1.82) is 0 Å². The Morgan fingerprint density at radius 1 is 1.19 bits per heavy atom. The van der Waals surface area contributed by atoms with Gasteiger partial charge in [-0.15, -0.1) is 11.8 Å². The number of carbonyl (C=O) groups excluding carboxylic acids is 1. The number of methoxy groups -OCH3 is 1. The number of carbonyl (C=O) groups is 1. The van der Waals surface area contributed by atoms with Gasteiger partial charge in [-0.05, 0) is 24.3 Å². The van der Waals surface area contributed by atoms with E-state index in [0.29, 0.717) is 18.9 Å². The standard InChI is InChI=1S/C16H25NO3S/c1-16(2,3)21-12-15(18)17(4)10-11-20-14-8-6-13(19-5)7-9-14/h6-9H,10-12H2,1-5H3. The second-order valence-corrected chi connectivity index (χ2v) is 7.54. The molecule has 21 heavy (non-hydrogen) atoms. The summed E-state index contributed by atoms with van der Waals surface area (Å²) in [4.78, 5) is 13.7. The Morgan fingerprint density at radius 2 is 1.76 bits per heavy atom. The van der Waals surface area contributed by atoms with Crippen LogP contribution in [0.2, 0.25) is 0 Å². The van der Waals surface area contributed by atoms with E-state index in [1.165, 1.54) is 0 Å². The Bertz CT molecular complexity index is 440. The zero-order valence-electron chi connectivity index (χ0n) is 13.5. The van der Waals surface area contributed by atoms with E-state index < -0.39 is 0 Å². The van der Waals surface area contributed by atoms with Crippen LogP contribution in [0.1, 0.15) is 20.8 Å². The third-order valence-corrected chi connectivity index (χ3v) is 4.07. The summed E-state index contributed by atoms with van der Waals surface area (Å²) in [5, 5.41) is 0. The van der Waals surface area contributed by atoms with Crippen LogP contribution >= 0.6 is 11.8 Å². The quantitative estimate of drug-likeness (QED) is 0.776. The van der Waals surface area contributed by atoms with Crippen LogP contribution < -0.4 is 9.47 Å². The molecule has 0 saturated heterocycles. The molecule has 118 valence electrons. The monoisotopic (exact) mass is 311 g/mol. The van der Waals surface area contributed by atoms with Gasteiger partial charge in [-0.25, -0.2) is 0 Å². The number of rotatable bonds is 7. The number of ether oxygens (including phenoxy) is 2. The maximum atomic E-state index is 11.9. The molecule has 0 unspecified atom stereocenters. The van der Waals surface area contributed by atoms with E-state index in [-0.39, 0.29) is 10.7 Å². The third kappa shape index (κ3) is 7.27. The van der Waals surface area contributed by atoms with Crippen molar-refractivity contribution >= 4 is 17.7 Å². The summed E-state index contributed by atoms with van der Waals surface area (Å²) in [7, 11) is 3.44. The van der Waals surface area contributed by atoms with Gasteiger partial charge in [0.25, 0.3) is 0 Å². The molecule has 1 aromatic carbocycles. The average molecular weight is 311 g/mol. The lowest BCUT2D eigenvalue weighted by molar-refractivity contribution is -0.127. The summed E-state index contributed by atoms with van der Waals surface area (Å²) in [5.41, 5.74) is 0. The molecule has 1 amide bonds. The van der Waals surface area contributed by atoms with E-state index in [2.05, 4.69) is 20.8 Å². The van der Waals surface area contributed by atoms with E-state index in [0.717, 1.165) is 11.5 Å². The molecule has 0 radical (unpaired) electrons. The van der Waals surface area contributed by atoms with E-state index in [4.69, 9.17) is 9.47 Å². The largest absolute Gasteiger partial charge is 0.497 e. The molecule has 0 aliphatic heterocycles. The van der Waals surface area contributed by atoms with Gasteiger partial charge in [-0.3, -0.25) is 4.79 Å². The van der Waals surface area contributed by atoms with Crippen LogP contribution in [0.4, 0.5) is 0 Å². The van der Waals surface area contributed by atoms with Crippen molar-refractivity contribution in [2.75, 3.05) is 33.1 Å². The van der Waals surface area contributed by atoms with Gasteiger partial charge in [0.1, 0.15) is 18.1 Å². The molecule has 0 atom stereocenters. The zero-order chi connectivity index (χ0) is 15.9. The average Bonchev–Trinajstić information content (AvgIpc) is 2.44. The SMILES string of the molecule is COc1ccc(OCCN(C)C(=O)CSC(C)(C)C)cc1. The topological polar surface area (TPSA) is 38.8 Å². The summed E-state index contributed by atoms with van der Waals surface area (Å²) in [6.45, 7) is 7.39. The van der Waals surface area contributed by atoms with Crippen molar-refractivity contribution in [2.45, 2.75) is 25.5 Å². The van der Waals surface area contributed by atoms with Crippen molar-refractivity contribution in [2.24, 2.45) is 0 Å². The van der Waals surface area contributed by atoms with Gasteiger partial charge < -0.3 is 14.4 Å². The molecule has 0 aliphatic carbocycles. The first-order valence-electron chi connectivity index (χ1n) is 6.96. The fourth-order valence-corrected chi connectivity index (χ4v) is 2.26. The van der Waals surface area contributed by atoms with E-state index in [9.17, 15) is 4.79 Å². The van der Waals surface area contributed by atoms with Gasteiger partial charge in [-0.2, -0.15) is 0 Å². The molecule has 0 spiro atoms. The Kier molecular flexibility index (Phi) is 6.89. The fourth-order valence-electron chi connectivity index (χ4n) is 1.49. The summed E-state index contributed by atoms with van der Waals surface area (Å²) in [6.07, 6.45) is 0. The molecular formula is C16H25NO3S. The van der Waals surface area contributed by atoms with Gasteiger partial charge >= 0.3 is 0 Å². The highest BCUT2D eigenvalue weighted by Crippen LogP contribution is 2.23. The van der Waals surface area contributed by atoms with Crippen molar-refractivity contribution in [3.8, 4) is 11.5 Å². The number of benzene rings is 1. The van der Waals surface area contributed by atoms with Crippen LogP contribution in [0, 0.1) is 0 Å². The van der Waals surface area contributed by atoms with Gasteiger partial charge in [0, 0.05) is 11.8 Å². The van der Waals surface area contributed by atoms with E-state index in [1.54, 1.807) is 23.8 Å². The molecule has 1 aromatic rings. The molecule has 0 aliphatic rings. The molecule has 0 heterocycles. The first-order valence-corrected chi connectivity index (χ1v) is 7.95. The number of hydrogen-bond acceptors (Lipinski definition) is 4. The molecule has 5 heteroatoms. The summed E-state index contributed by atoms with van der Waals surface area (Å²) >= 11 is 1.66. The van der Waals surface area contributed by atoms with Crippen LogP contribution in [0.5, 0.6) is 11.5 Å². The van der Waals surface area contributed by atoms with Crippen LogP contribution in [0.25, 0.3) is 0 Å². The minimum Gasteiger partial charge on any atom is -0.497 e. The third-order valence-electron chi connectivity index (χ3n) is 2.81. The van der Waals surface area contributed by atoms with Gasteiger partial charge in [0.15, 0.2) is 0 Å². The predicted octanol–water partition coefficient (Wildman–Crippen LogP) is 3.06. The maximum absolute atomic E-state index is 11.9. The van der Waals surface area contributed by atoms with Crippen LogP contribution in [-0.2, 0) is 4.79 Å². The smallest absolute Gasteiger partial charge is 0.232 e. The highest BCUT2D eigenvalue weighted by atomic mass is 32.2. The molecule has 0 bridgehead atoms. The second kappa shape index (κ2) is 8.17. The fraction of sp³-hybridized carbons (Fsp3) is 0.562. The summed E-state index contributed by atoms with van der Waals surface area (Å²) in [5.74, 6) is 2.21. The van der Waals surface area contributed by atoms with Crippen molar-refractivity contribution in [3.63, 3.8) is 0 Å². The van der Waals surface area contributed by atoms with Gasteiger partial charge in [-0.1, -0.05) is 20.8 Å². The highest BCUT2D eigenvalue weighted by molar-refractivity contribution is 8.01. The maximum Gasteiger partial charge on any atom is 0.232 e. The predicted molar refractivity (Wildman–Crippen MR) is 88.3 cm³/mol. The number of hydrogen-bond donors (Lipinski definition) is 0. The molecular weight excluding hydrogens is 286 g/mol. The Labute approximate surface area is 131 Å². The van der Waals surface area contributed by atoms with Crippen LogP contribution in [0.3, 0.4) is 0 Å². The number of amides is 1. The first-order chi connectivity index (χ1) is 9.81. The Balaban J connectivity index is 2.28. The summed E-state index contributed by atoms with van der Waals surface area (Å²) in [6, 6.07) is 7.42. The molecule has 4 nitrogen and oxygen atoms in total. The van der Waals surface area contributed by atoms with Crippen molar-refractivity contribution in [3.05, 3.63) is 24.3 Å². The number of thioether (sulfide) groups is 1. The van der Waals surface area contributed by atoms with Gasteiger partial charge in [0.2, 0.25) is 5.91 Å². The normalized spacial score (nSPS) is 11.1. The van der Waals surface area contributed by atoms with E-state index >= 15 is 0 Å². The second-order valence-electron chi connectivity index (χ2n) is 5.74. The minimum atomic E-state index is 0.107. The molecule has 0 fully saturated rings. The van der Waals surface area contributed by atoms with Crippen molar-refractivity contribution < 1.29 is 14.3 Å². The molecule has 0 saturated carbocycles. The molecule has 0 aromatic heterocycles. The highest BCUT2D eigenvalue weighted by Gasteiger charge is 2.15. The molecule has 0 N–H and O–H groups in total. The lowest BCUT2D eigenvalue weighted by Crippen LogP contribution is -2.33. The lowest BCUT2D eigenvalue weighted by Gasteiger charge is -2.21. The van der Waals surface area contributed by atoms with Crippen LogP contribution in [0.15, 0.2) is 24.3 Å². The van der Waals surface area contributed by atoms with Gasteiger partial charge in [0.05, 0.1) is 19.4 Å².